The number of aryl methyl sites for hydroxylation is 2. The number of nitrogens with zero attached hydrogens (tertiary/aromatic N) is 3. The van der Waals surface area contributed by atoms with Gasteiger partial charge < -0.3 is 31.0 Å². The Balaban J connectivity index is 1.09. The Morgan fingerprint density at radius 2 is 1.77 bits per heavy atom. The van der Waals surface area contributed by atoms with E-state index >= 15 is 0 Å². The maximum Gasteiger partial charge on any atom is 0.225 e. The Bertz CT molecular complexity index is 861. The van der Waals surface area contributed by atoms with Gasteiger partial charge in [-0.05, 0) is 84.6 Å². The van der Waals surface area contributed by atoms with Gasteiger partial charge in [0.05, 0.1) is 12.2 Å². The molecule has 2 aromatic heterocycles. The van der Waals surface area contributed by atoms with Crippen LogP contribution in [-0.2, 0) is 13.0 Å². The highest BCUT2D eigenvalue weighted by atomic mass is 16.3. The summed E-state index contributed by atoms with van der Waals surface area (Å²) in [7, 11) is 0. The molecule has 0 aromatic carbocycles. The van der Waals surface area contributed by atoms with E-state index in [1.807, 2.05) is 13.0 Å². The SMILES string of the molecule is Cc1cc(NC2CCNCC2)nc(NCc2nc(CCCNCCCNC3CCCCC3)co2)n1. The standard InChI is InChI=1S/C26H44N8O/c1-20-17-24(32-22-10-15-28-16-11-22)34-26(31-20)30-18-25-33-23(19-35-25)9-5-12-27-13-6-14-29-21-7-3-2-4-8-21/h17,19,21-22,27-29H,2-16,18H2,1H3,(H2,30,31,32,34). The lowest BCUT2D eigenvalue weighted by Crippen LogP contribution is -2.35. The van der Waals surface area contributed by atoms with Gasteiger partial charge in [0.1, 0.15) is 12.1 Å². The molecule has 5 N–H and O–H groups in total. The number of piperidine rings is 1. The van der Waals surface area contributed by atoms with Crippen molar-refractivity contribution in [2.75, 3.05) is 43.4 Å². The molecule has 0 amide bonds. The molecule has 194 valence electrons. The van der Waals surface area contributed by atoms with Crippen LogP contribution in [0.25, 0.3) is 0 Å². The minimum Gasteiger partial charge on any atom is -0.447 e. The van der Waals surface area contributed by atoms with Crippen LogP contribution in [-0.4, -0.2) is 59.8 Å². The zero-order chi connectivity index (χ0) is 24.1. The van der Waals surface area contributed by atoms with Gasteiger partial charge in [0.25, 0.3) is 0 Å². The molecule has 1 aliphatic heterocycles. The molecule has 0 unspecified atom stereocenters. The quantitative estimate of drug-likeness (QED) is 0.258. The molecule has 1 aliphatic carbocycles. The molecular formula is C26H44N8O. The van der Waals surface area contributed by atoms with E-state index in [1.54, 1.807) is 6.26 Å². The first-order chi connectivity index (χ1) is 17.2. The van der Waals surface area contributed by atoms with Crippen LogP contribution in [0, 0.1) is 6.92 Å². The van der Waals surface area contributed by atoms with Crippen molar-refractivity contribution in [3.8, 4) is 0 Å². The minimum atomic E-state index is 0.459. The van der Waals surface area contributed by atoms with Gasteiger partial charge in [-0.3, -0.25) is 0 Å². The summed E-state index contributed by atoms with van der Waals surface area (Å²) >= 11 is 0. The van der Waals surface area contributed by atoms with Crippen molar-refractivity contribution in [2.45, 2.75) is 89.8 Å². The number of hydrogen-bond acceptors (Lipinski definition) is 9. The first-order valence-corrected chi connectivity index (χ1v) is 13.7. The van der Waals surface area contributed by atoms with Crippen LogP contribution in [0.15, 0.2) is 16.7 Å². The Labute approximate surface area is 210 Å². The molecule has 3 heterocycles. The molecule has 2 fully saturated rings. The molecular weight excluding hydrogens is 440 g/mol. The van der Waals surface area contributed by atoms with Gasteiger partial charge in [-0.15, -0.1) is 0 Å². The number of oxazole rings is 1. The second kappa shape index (κ2) is 14.4. The number of rotatable bonds is 14. The van der Waals surface area contributed by atoms with E-state index < -0.39 is 0 Å². The summed E-state index contributed by atoms with van der Waals surface area (Å²) < 4.78 is 5.66. The van der Waals surface area contributed by atoms with Crippen LogP contribution < -0.4 is 26.6 Å². The smallest absolute Gasteiger partial charge is 0.225 e. The maximum atomic E-state index is 5.66. The summed E-state index contributed by atoms with van der Waals surface area (Å²) in [5.74, 6) is 2.14. The van der Waals surface area contributed by atoms with Gasteiger partial charge in [0.15, 0.2) is 0 Å². The van der Waals surface area contributed by atoms with Gasteiger partial charge in [-0.2, -0.15) is 4.98 Å². The van der Waals surface area contributed by atoms with Gasteiger partial charge in [0, 0.05) is 23.8 Å². The van der Waals surface area contributed by atoms with E-state index in [-0.39, 0.29) is 0 Å². The van der Waals surface area contributed by atoms with Crippen LogP contribution in [0.4, 0.5) is 11.8 Å². The predicted molar refractivity (Wildman–Crippen MR) is 141 cm³/mol. The Kier molecular flexibility index (Phi) is 10.6. The Hall–Kier alpha value is -2.23. The highest BCUT2D eigenvalue weighted by molar-refractivity contribution is 5.43. The molecule has 2 aromatic rings. The lowest BCUT2D eigenvalue weighted by Gasteiger charge is -2.24. The largest absolute Gasteiger partial charge is 0.447 e. The fourth-order valence-electron chi connectivity index (χ4n) is 4.94. The lowest BCUT2D eigenvalue weighted by molar-refractivity contribution is 0.371. The van der Waals surface area contributed by atoms with Crippen molar-refractivity contribution < 1.29 is 4.42 Å². The lowest BCUT2D eigenvalue weighted by atomic mass is 9.95. The summed E-state index contributed by atoms with van der Waals surface area (Å²) in [6.07, 6.45) is 14.1. The fourth-order valence-corrected chi connectivity index (χ4v) is 4.94. The van der Waals surface area contributed by atoms with Crippen molar-refractivity contribution in [1.82, 2.24) is 30.9 Å². The second-order valence-electron chi connectivity index (χ2n) is 9.97. The summed E-state index contributed by atoms with van der Waals surface area (Å²) in [5.41, 5.74) is 1.94. The van der Waals surface area contributed by atoms with Crippen molar-refractivity contribution >= 4 is 11.8 Å². The zero-order valence-electron chi connectivity index (χ0n) is 21.4. The van der Waals surface area contributed by atoms with E-state index in [1.165, 1.54) is 38.5 Å². The highest BCUT2D eigenvalue weighted by Gasteiger charge is 2.14. The van der Waals surface area contributed by atoms with Crippen molar-refractivity contribution in [3.05, 3.63) is 29.6 Å². The van der Waals surface area contributed by atoms with E-state index in [9.17, 15) is 0 Å². The third-order valence-electron chi connectivity index (χ3n) is 6.90. The van der Waals surface area contributed by atoms with E-state index in [4.69, 9.17) is 4.42 Å². The third kappa shape index (κ3) is 9.39. The average molecular weight is 485 g/mol. The topological polar surface area (TPSA) is 112 Å². The number of nitrogens with one attached hydrogen (secondary N) is 5. The van der Waals surface area contributed by atoms with Crippen molar-refractivity contribution in [3.63, 3.8) is 0 Å². The zero-order valence-corrected chi connectivity index (χ0v) is 21.4. The van der Waals surface area contributed by atoms with E-state index in [0.717, 1.165) is 81.7 Å². The summed E-state index contributed by atoms with van der Waals surface area (Å²) in [5, 5.41) is 17.5. The van der Waals surface area contributed by atoms with Crippen LogP contribution in [0.3, 0.4) is 0 Å². The molecule has 2 aliphatic rings. The second-order valence-corrected chi connectivity index (χ2v) is 9.97. The molecule has 4 rings (SSSR count). The summed E-state index contributed by atoms with van der Waals surface area (Å²) in [6, 6.07) is 3.22. The molecule has 0 atom stereocenters. The van der Waals surface area contributed by atoms with E-state index in [2.05, 4.69) is 41.5 Å². The van der Waals surface area contributed by atoms with Crippen molar-refractivity contribution in [1.29, 1.82) is 0 Å². The van der Waals surface area contributed by atoms with Gasteiger partial charge in [0.2, 0.25) is 11.8 Å². The van der Waals surface area contributed by atoms with Crippen LogP contribution in [0.2, 0.25) is 0 Å². The van der Waals surface area contributed by atoms with Gasteiger partial charge >= 0.3 is 0 Å². The first-order valence-electron chi connectivity index (χ1n) is 13.7. The molecule has 35 heavy (non-hydrogen) atoms. The maximum absolute atomic E-state index is 5.66. The first kappa shape index (κ1) is 25.9. The third-order valence-corrected chi connectivity index (χ3v) is 6.90. The Morgan fingerprint density at radius 3 is 2.63 bits per heavy atom. The molecule has 0 radical (unpaired) electrons. The van der Waals surface area contributed by atoms with Crippen molar-refractivity contribution in [2.24, 2.45) is 0 Å². The average Bonchev–Trinajstić information content (AvgIpc) is 3.33. The molecule has 0 spiro atoms. The predicted octanol–water partition coefficient (Wildman–Crippen LogP) is 3.38. The normalized spacial score (nSPS) is 17.5. The molecule has 0 bridgehead atoms. The molecule has 9 heteroatoms. The number of anilines is 2. The van der Waals surface area contributed by atoms with E-state index in [0.29, 0.717) is 24.4 Å². The minimum absolute atomic E-state index is 0.459. The highest BCUT2D eigenvalue weighted by Crippen LogP contribution is 2.17. The molecule has 1 saturated carbocycles. The van der Waals surface area contributed by atoms with Gasteiger partial charge in [-0.25, -0.2) is 9.97 Å². The monoisotopic (exact) mass is 484 g/mol. The summed E-state index contributed by atoms with van der Waals surface area (Å²) in [4.78, 5) is 13.8. The molecule has 1 saturated heterocycles. The van der Waals surface area contributed by atoms with Crippen LogP contribution in [0.5, 0.6) is 0 Å². The number of hydrogen-bond donors (Lipinski definition) is 5. The molecule has 9 nitrogen and oxygen atoms in total. The fraction of sp³-hybridized carbons (Fsp3) is 0.731. The summed E-state index contributed by atoms with van der Waals surface area (Å²) in [6.45, 7) is 7.76. The van der Waals surface area contributed by atoms with Crippen LogP contribution >= 0.6 is 0 Å². The number of aromatic nitrogens is 3. The Morgan fingerprint density at radius 1 is 0.943 bits per heavy atom. The van der Waals surface area contributed by atoms with Gasteiger partial charge in [-0.1, -0.05) is 19.3 Å². The van der Waals surface area contributed by atoms with Crippen LogP contribution in [0.1, 0.15) is 75.1 Å².